The normalized spacial score (nSPS) is 32.2. The maximum atomic E-state index is 10.9. The second-order valence-electron chi connectivity index (χ2n) is 9.70. The molecule has 3 aromatic rings. The fourth-order valence-electron chi connectivity index (χ4n) is 4.61. The molecule has 15 nitrogen and oxygen atoms in total. The molecule has 10 N–H and O–H groups in total. The van der Waals surface area contributed by atoms with Gasteiger partial charge in [0.1, 0.15) is 53.5 Å². The number of hydrogen-bond donors (Lipinski definition) is 10. The highest BCUT2D eigenvalue weighted by atomic mass is 16.8. The number of aliphatic hydroxyl groups is 6. The largest absolute Gasteiger partial charge is 0.507 e. The summed E-state index contributed by atoms with van der Waals surface area (Å²) in [6, 6.07) is 7.19. The molecule has 2 aliphatic rings. The van der Waals surface area contributed by atoms with Crippen LogP contribution in [-0.4, -0.2) is 120 Å². The van der Waals surface area contributed by atoms with Gasteiger partial charge >= 0.3 is 11.3 Å². The smallest absolute Gasteiger partial charge is 0.402 e. The number of hydrogen-bond acceptors (Lipinski definition) is 14. The van der Waals surface area contributed by atoms with Crippen molar-refractivity contribution in [1.82, 2.24) is 0 Å². The van der Waals surface area contributed by atoms with E-state index in [0.29, 0.717) is 0 Å². The van der Waals surface area contributed by atoms with Crippen LogP contribution in [0.15, 0.2) is 40.8 Å². The van der Waals surface area contributed by atoms with Crippen LogP contribution < -0.4 is 4.74 Å². The molecule has 0 bridgehead atoms. The Morgan fingerprint density at radius 3 is 2.27 bits per heavy atom. The lowest BCUT2D eigenvalue weighted by atomic mass is 9.98. The summed E-state index contributed by atoms with van der Waals surface area (Å²) in [6.07, 6.45) is -14.6. The lowest BCUT2D eigenvalue weighted by molar-refractivity contribution is -0.344. The van der Waals surface area contributed by atoms with Crippen molar-refractivity contribution in [2.75, 3.05) is 13.2 Å². The van der Waals surface area contributed by atoms with Crippen molar-refractivity contribution < 1.29 is 74.4 Å². The molecular formula is C26H29O15+. The predicted molar refractivity (Wildman–Crippen MR) is 134 cm³/mol. The van der Waals surface area contributed by atoms with Crippen LogP contribution in [0.5, 0.6) is 28.7 Å². The second kappa shape index (κ2) is 11.4. The van der Waals surface area contributed by atoms with Crippen molar-refractivity contribution in [3.8, 4) is 40.1 Å². The van der Waals surface area contributed by atoms with Crippen LogP contribution in [0.4, 0.5) is 0 Å². The Kier molecular flexibility index (Phi) is 8.06. The van der Waals surface area contributed by atoms with Gasteiger partial charge in [-0.2, -0.15) is 0 Å². The van der Waals surface area contributed by atoms with E-state index < -0.39 is 85.8 Å². The first-order valence-electron chi connectivity index (χ1n) is 12.4. The molecule has 9 atom stereocenters. The van der Waals surface area contributed by atoms with Gasteiger partial charge in [0.15, 0.2) is 23.9 Å². The topological polar surface area (TPSA) is 251 Å². The van der Waals surface area contributed by atoms with E-state index in [1.807, 2.05) is 0 Å². The van der Waals surface area contributed by atoms with Gasteiger partial charge in [-0.05, 0) is 12.1 Å². The number of rotatable bonds is 6. The van der Waals surface area contributed by atoms with E-state index in [-0.39, 0.29) is 33.8 Å². The average molecular weight is 582 g/mol. The molecular weight excluding hydrogens is 552 g/mol. The molecule has 2 fully saturated rings. The van der Waals surface area contributed by atoms with Gasteiger partial charge in [0.05, 0.1) is 24.8 Å². The summed E-state index contributed by atoms with van der Waals surface area (Å²) in [4.78, 5) is 0. The number of aromatic hydroxyl groups is 4. The van der Waals surface area contributed by atoms with E-state index in [0.717, 1.165) is 12.1 Å². The van der Waals surface area contributed by atoms with Crippen LogP contribution in [0.25, 0.3) is 22.3 Å². The lowest BCUT2D eigenvalue weighted by Crippen LogP contribution is -2.63. The maximum Gasteiger partial charge on any atom is 0.402 e. The zero-order valence-corrected chi connectivity index (χ0v) is 21.1. The van der Waals surface area contributed by atoms with Crippen molar-refractivity contribution in [1.29, 1.82) is 0 Å². The third-order valence-electron chi connectivity index (χ3n) is 6.87. The Morgan fingerprint density at radius 2 is 1.56 bits per heavy atom. The molecule has 2 aromatic carbocycles. The number of phenolic OH excluding ortho intramolecular Hbond substituents is 4. The van der Waals surface area contributed by atoms with E-state index in [2.05, 4.69) is 0 Å². The standard InChI is InChI=1S/C26H28O15/c27-7-18-20(34)21(35)24(41-25-22(36)19(33)15(32)8-37-25)26(40-18)39-17-6-11-13(30)4-10(28)5-16(11)38-23(17)9-1-2-12(29)14(31)3-9/h1-6,15,18-22,24-27,32-36H,7-8H2,(H3-,28,29,30,31)/p+1. The van der Waals surface area contributed by atoms with Gasteiger partial charge < -0.3 is 70.0 Å². The summed E-state index contributed by atoms with van der Waals surface area (Å²) >= 11 is 0. The van der Waals surface area contributed by atoms with Gasteiger partial charge in [-0.1, -0.05) is 0 Å². The first-order valence-corrected chi connectivity index (χ1v) is 12.4. The van der Waals surface area contributed by atoms with E-state index in [9.17, 15) is 51.1 Å². The molecule has 0 aliphatic carbocycles. The maximum absolute atomic E-state index is 10.9. The van der Waals surface area contributed by atoms with Crippen LogP contribution >= 0.6 is 0 Å². The van der Waals surface area contributed by atoms with E-state index in [1.165, 1.54) is 24.3 Å². The fourth-order valence-corrected chi connectivity index (χ4v) is 4.61. The predicted octanol–water partition coefficient (Wildman–Crippen LogP) is -1.15. The van der Waals surface area contributed by atoms with Gasteiger partial charge in [0.25, 0.3) is 0 Å². The molecule has 1 aromatic heterocycles. The Hall–Kier alpha value is -3.51. The third-order valence-corrected chi connectivity index (χ3v) is 6.87. The number of fused-ring (bicyclic) bond motifs is 1. The van der Waals surface area contributed by atoms with Gasteiger partial charge in [0, 0.05) is 18.2 Å². The summed E-state index contributed by atoms with van der Waals surface area (Å²) in [6.45, 7) is -1.18. The van der Waals surface area contributed by atoms with E-state index >= 15 is 0 Å². The lowest BCUT2D eigenvalue weighted by Gasteiger charge is -2.44. The average Bonchev–Trinajstić information content (AvgIpc) is 2.94. The van der Waals surface area contributed by atoms with Crippen LogP contribution in [0.3, 0.4) is 0 Å². The zero-order chi connectivity index (χ0) is 29.6. The molecule has 0 radical (unpaired) electrons. The molecule has 0 amide bonds. The van der Waals surface area contributed by atoms with Gasteiger partial charge in [-0.15, -0.1) is 0 Å². The third kappa shape index (κ3) is 5.54. The number of phenols is 4. The van der Waals surface area contributed by atoms with Crippen molar-refractivity contribution in [3.63, 3.8) is 0 Å². The summed E-state index contributed by atoms with van der Waals surface area (Å²) in [7, 11) is 0. The monoisotopic (exact) mass is 581 g/mol. The van der Waals surface area contributed by atoms with Crippen LogP contribution in [0.1, 0.15) is 0 Å². The molecule has 41 heavy (non-hydrogen) atoms. The minimum atomic E-state index is -1.80. The highest BCUT2D eigenvalue weighted by molar-refractivity contribution is 5.88. The molecule has 222 valence electrons. The van der Waals surface area contributed by atoms with Crippen molar-refractivity contribution >= 4 is 11.0 Å². The van der Waals surface area contributed by atoms with Gasteiger partial charge in [0.2, 0.25) is 12.0 Å². The highest BCUT2D eigenvalue weighted by Crippen LogP contribution is 2.42. The zero-order valence-electron chi connectivity index (χ0n) is 21.1. The summed E-state index contributed by atoms with van der Waals surface area (Å²) in [5, 5.41) is 101. The molecule has 2 saturated heterocycles. The molecule has 3 heterocycles. The van der Waals surface area contributed by atoms with Crippen LogP contribution in [0, 0.1) is 0 Å². The molecule has 0 spiro atoms. The van der Waals surface area contributed by atoms with Crippen molar-refractivity contribution in [2.24, 2.45) is 0 Å². The molecule has 2 aliphatic heterocycles. The van der Waals surface area contributed by atoms with Crippen molar-refractivity contribution in [2.45, 2.75) is 55.3 Å². The van der Waals surface area contributed by atoms with Gasteiger partial charge in [-0.3, -0.25) is 0 Å². The molecule has 5 rings (SSSR count). The highest BCUT2D eigenvalue weighted by Gasteiger charge is 2.50. The molecule has 15 heteroatoms. The number of ether oxygens (including phenoxy) is 4. The Bertz CT molecular complexity index is 1400. The SMILES string of the molecule is OCC1OC(Oc2cc3c(O)cc(O)cc3[o+]c2-c2ccc(O)c(O)c2)C(OC2OCC(O)C(O)C2O)C(O)C1O. The summed E-state index contributed by atoms with van der Waals surface area (Å²) in [5.41, 5.74) is 0.139. The first-order chi connectivity index (χ1) is 19.5. The summed E-state index contributed by atoms with van der Waals surface area (Å²) in [5.74, 6) is -1.98. The van der Waals surface area contributed by atoms with Crippen LogP contribution in [-0.2, 0) is 14.2 Å². The van der Waals surface area contributed by atoms with Gasteiger partial charge in [-0.25, -0.2) is 4.42 Å². The fraction of sp³-hybridized carbons (Fsp3) is 0.423. The number of benzene rings is 2. The van der Waals surface area contributed by atoms with E-state index in [1.54, 1.807) is 0 Å². The van der Waals surface area contributed by atoms with E-state index in [4.69, 9.17) is 23.4 Å². The van der Waals surface area contributed by atoms with Crippen LogP contribution in [0.2, 0.25) is 0 Å². The molecule has 0 saturated carbocycles. The Balaban J connectivity index is 1.57. The number of aliphatic hydroxyl groups excluding tert-OH is 6. The first kappa shape index (κ1) is 29.0. The Labute approximate surface area is 230 Å². The minimum absolute atomic E-state index is 0.00950. The minimum Gasteiger partial charge on any atom is -0.507 e. The second-order valence-corrected chi connectivity index (χ2v) is 9.70. The quantitative estimate of drug-likeness (QED) is 0.122. The molecule has 9 unspecified atom stereocenters. The van der Waals surface area contributed by atoms with Crippen molar-refractivity contribution in [3.05, 3.63) is 36.4 Å². The summed E-state index contributed by atoms with van der Waals surface area (Å²) < 4.78 is 28.5. The Morgan fingerprint density at radius 1 is 0.805 bits per heavy atom.